The average Bonchev–Trinajstić information content (AvgIpc) is 2.75. The monoisotopic (exact) mass is 557 g/mol. The van der Waals surface area contributed by atoms with Crippen molar-refractivity contribution in [2.45, 2.75) is 52.7 Å². The lowest BCUT2D eigenvalue weighted by molar-refractivity contribution is -0.140. The molecule has 1 atom stereocenters. The SMILES string of the molecule is CCOc1ccccc1N(CC(=O)N(Cc1c(Cl)cccc1Cl)[C@H](C)C(=O)NC(C)(C)C)S(C)(=O)=O. The summed E-state index contributed by atoms with van der Waals surface area (Å²) >= 11 is 12.7. The molecule has 0 saturated heterocycles. The first-order valence-corrected chi connectivity index (χ1v) is 14.0. The van der Waals surface area contributed by atoms with Gasteiger partial charge < -0.3 is 15.0 Å². The van der Waals surface area contributed by atoms with E-state index in [1.165, 1.54) is 4.90 Å². The van der Waals surface area contributed by atoms with Gasteiger partial charge in [0.2, 0.25) is 21.8 Å². The molecule has 0 aliphatic carbocycles. The van der Waals surface area contributed by atoms with Crippen molar-refractivity contribution in [1.29, 1.82) is 0 Å². The number of halogens is 2. The maximum atomic E-state index is 13.7. The molecule has 2 amide bonds. The molecule has 0 aliphatic heterocycles. The van der Waals surface area contributed by atoms with Gasteiger partial charge >= 0.3 is 0 Å². The van der Waals surface area contributed by atoms with Crippen LogP contribution in [0.25, 0.3) is 0 Å². The lowest BCUT2D eigenvalue weighted by atomic mass is 10.1. The molecule has 1 N–H and O–H groups in total. The summed E-state index contributed by atoms with van der Waals surface area (Å²) in [4.78, 5) is 28.0. The van der Waals surface area contributed by atoms with Crippen molar-refractivity contribution in [3.05, 3.63) is 58.1 Å². The predicted molar refractivity (Wildman–Crippen MR) is 144 cm³/mol. The highest BCUT2D eigenvalue weighted by atomic mass is 35.5. The average molecular weight is 559 g/mol. The van der Waals surface area contributed by atoms with Gasteiger partial charge in [-0.1, -0.05) is 41.4 Å². The van der Waals surface area contributed by atoms with E-state index < -0.39 is 40.0 Å². The van der Waals surface area contributed by atoms with Crippen molar-refractivity contribution < 1.29 is 22.7 Å². The summed E-state index contributed by atoms with van der Waals surface area (Å²) in [5.41, 5.74) is 0.125. The fourth-order valence-electron chi connectivity index (χ4n) is 3.45. The number of carbonyl (C=O) groups is 2. The van der Waals surface area contributed by atoms with Crippen LogP contribution in [0.2, 0.25) is 10.0 Å². The number of anilines is 1. The number of amides is 2. The minimum atomic E-state index is -3.90. The second kappa shape index (κ2) is 12.2. The summed E-state index contributed by atoms with van der Waals surface area (Å²) in [5, 5.41) is 3.51. The van der Waals surface area contributed by atoms with E-state index in [-0.39, 0.29) is 12.2 Å². The van der Waals surface area contributed by atoms with Crippen LogP contribution in [0.15, 0.2) is 42.5 Å². The Hall–Kier alpha value is -2.49. The van der Waals surface area contributed by atoms with Gasteiger partial charge in [-0.3, -0.25) is 13.9 Å². The molecule has 0 aliphatic rings. The van der Waals surface area contributed by atoms with E-state index >= 15 is 0 Å². The van der Waals surface area contributed by atoms with Crippen LogP contribution in [-0.2, 0) is 26.2 Å². The van der Waals surface area contributed by atoms with Gasteiger partial charge in [0.05, 0.1) is 18.6 Å². The third-order valence-corrected chi connectivity index (χ3v) is 7.00. The van der Waals surface area contributed by atoms with Crippen molar-refractivity contribution in [3.63, 3.8) is 0 Å². The highest BCUT2D eigenvalue weighted by molar-refractivity contribution is 7.92. The molecule has 8 nitrogen and oxygen atoms in total. The fraction of sp³-hybridized carbons (Fsp3) is 0.440. The Morgan fingerprint density at radius 3 is 2.17 bits per heavy atom. The zero-order valence-electron chi connectivity index (χ0n) is 21.3. The minimum absolute atomic E-state index is 0.0965. The van der Waals surface area contributed by atoms with E-state index in [4.69, 9.17) is 27.9 Å². The number of hydrogen-bond donors (Lipinski definition) is 1. The van der Waals surface area contributed by atoms with Gasteiger partial charge in [0.1, 0.15) is 18.3 Å². The molecule has 2 aromatic carbocycles. The van der Waals surface area contributed by atoms with Crippen LogP contribution < -0.4 is 14.4 Å². The molecule has 2 rings (SSSR count). The number of nitrogens with one attached hydrogen (secondary N) is 1. The summed E-state index contributed by atoms with van der Waals surface area (Å²) in [6.45, 7) is 8.48. The van der Waals surface area contributed by atoms with Crippen molar-refractivity contribution in [2.75, 3.05) is 23.7 Å². The van der Waals surface area contributed by atoms with E-state index in [9.17, 15) is 18.0 Å². The highest BCUT2D eigenvalue weighted by Crippen LogP contribution is 2.31. The predicted octanol–water partition coefficient (Wildman–Crippen LogP) is 4.49. The molecule has 36 heavy (non-hydrogen) atoms. The fourth-order valence-corrected chi connectivity index (χ4v) is 4.82. The normalized spacial score (nSPS) is 12.6. The van der Waals surface area contributed by atoms with Gasteiger partial charge in [-0.25, -0.2) is 8.42 Å². The lowest BCUT2D eigenvalue weighted by Crippen LogP contribution is -2.54. The quantitative estimate of drug-likeness (QED) is 0.464. The van der Waals surface area contributed by atoms with Crippen LogP contribution in [0, 0.1) is 0 Å². The third-order valence-electron chi connectivity index (χ3n) is 5.17. The van der Waals surface area contributed by atoms with Crippen LogP contribution in [0.1, 0.15) is 40.2 Å². The zero-order chi connectivity index (χ0) is 27.3. The largest absolute Gasteiger partial charge is 0.492 e. The first-order chi connectivity index (χ1) is 16.7. The first-order valence-electron chi connectivity index (χ1n) is 11.4. The summed E-state index contributed by atoms with van der Waals surface area (Å²) < 4.78 is 32.1. The number of rotatable bonds is 10. The third kappa shape index (κ3) is 8.01. The lowest BCUT2D eigenvalue weighted by Gasteiger charge is -2.33. The smallest absolute Gasteiger partial charge is 0.244 e. The van der Waals surface area contributed by atoms with Crippen molar-refractivity contribution in [1.82, 2.24) is 10.2 Å². The Morgan fingerprint density at radius 2 is 1.64 bits per heavy atom. The number of carbonyl (C=O) groups excluding carboxylic acids is 2. The zero-order valence-corrected chi connectivity index (χ0v) is 23.7. The molecule has 0 heterocycles. The molecule has 0 spiro atoms. The Kier molecular flexibility index (Phi) is 10.0. The van der Waals surface area contributed by atoms with Gasteiger partial charge in [-0.05, 0) is 58.9 Å². The van der Waals surface area contributed by atoms with Gasteiger partial charge in [0, 0.05) is 27.7 Å². The maximum Gasteiger partial charge on any atom is 0.244 e. The Morgan fingerprint density at radius 1 is 1.06 bits per heavy atom. The first kappa shape index (κ1) is 29.7. The van der Waals surface area contributed by atoms with E-state index in [1.54, 1.807) is 56.3 Å². The molecule has 0 aromatic heterocycles. The van der Waals surface area contributed by atoms with Gasteiger partial charge in [0.15, 0.2) is 0 Å². The molecular formula is C25H33Cl2N3O5S. The number of para-hydroxylation sites is 2. The number of benzene rings is 2. The molecular weight excluding hydrogens is 525 g/mol. The van der Waals surface area contributed by atoms with Gasteiger partial charge in [0.25, 0.3) is 0 Å². The minimum Gasteiger partial charge on any atom is -0.492 e. The molecule has 11 heteroatoms. The number of sulfonamides is 1. The summed E-state index contributed by atoms with van der Waals surface area (Å²) in [7, 11) is -3.90. The van der Waals surface area contributed by atoms with E-state index in [2.05, 4.69) is 5.32 Å². The number of nitrogens with zero attached hydrogens (tertiary/aromatic N) is 2. The van der Waals surface area contributed by atoms with Crippen LogP contribution in [0.5, 0.6) is 5.75 Å². The molecule has 198 valence electrons. The highest BCUT2D eigenvalue weighted by Gasteiger charge is 2.32. The van der Waals surface area contributed by atoms with Crippen molar-refractivity contribution in [2.24, 2.45) is 0 Å². The second-order valence-electron chi connectivity index (χ2n) is 9.31. The van der Waals surface area contributed by atoms with Crippen LogP contribution in [0.4, 0.5) is 5.69 Å². The summed E-state index contributed by atoms with van der Waals surface area (Å²) in [6, 6.07) is 10.5. The van der Waals surface area contributed by atoms with Crippen LogP contribution in [-0.4, -0.2) is 56.1 Å². The summed E-state index contributed by atoms with van der Waals surface area (Å²) in [6.07, 6.45) is 1.01. The van der Waals surface area contributed by atoms with E-state index in [0.29, 0.717) is 28.0 Å². The molecule has 0 radical (unpaired) electrons. The van der Waals surface area contributed by atoms with Crippen molar-refractivity contribution >= 4 is 50.7 Å². The Bertz CT molecular complexity index is 1180. The van der Waals surface area contributed by atoms with Crippen LogP contribution in [0.3, 0.4) is 0 Å². The van der Waals surface area contributed by atoms with E-state index in [1.807, 2.05) is 20.8 Å². The Labute approximate surface area is 223 Å². The standard InChI is InChI=1S/C25H33Cl2N3O5S/c1-7-35-22-14-9-8-13-21(22)30(36(6,33)34)16-23(31)29(17(2)24(32)28-25(3,4)5)15-18-19(26)11-10-12-20(18)27/h8-14,17H,7,15-16H2,1-6H3,(H,28,32)/t17-/m1/s1. The topological polar surface area (TPSA) is 96.0 Å². The second-order valence-corrected chi connectivity index (χ2v) is 12.0. The molecule has 2 aromatic rings. The molecule has 0 unspecified atom stereocenters. The maximum absolute atomic E-state index is 13.7. The number of hydrogen-bond acceptors (Lipinski definition) is 5. The van der Waals surface area contributed by atoms with Gasteiger partial charge in [-0.2, -0.15) is 0 Å². The van der Waals surface area contributed by atoms with Gasteiger partial charge in [-0.15, -0.1) is 0 Å². The molecule has 0 fully saturated rings. The van der Waals surface area contributed by atoms with Crippen molar-refractivity contribution in [3.8, 4) is 5.75 Å². The van der Waals surface area contributed by atoms with E-state index in [0.717, 1.165) is 10.6 Å². The van der Waals surface area contributed by atoms with Crippen LogP contribution >= 0.6 is 23.2 Å². The number of ether oxygens (including phenoxy) is 1. The summed E-state index contributed by atoms with van der Waals surface area (Å²) in [5.74, 6) is -0.698. The molecule has 0 bridgehead atoms. The molecule has 0 saturated carbocycles. The Balaban J connectivity index is 2.51.